The zero-order chi connectivity index (χ0) is 14.4. The Bertz CT molecular complexity index is 543. The quantitative estimate of drug-likeness (QED) is 0.625. The molecule has 2 aromatic rings. The van der Waals surface area contributed by atoms with Crippen molar-refractivity contribution in [1.29, 1.82) is 0 Å². The van der Waals surface area contributed by atoms with Gasteiger partial charge in [0.2, 0.25) is 0 Å². The van der Waals surface area contributed by atoms with Gasteiger partial charge in [0.15, 0.2) is 0 Å². The van der Waals surface area contributed by atoms with Crippen molar-refractivity contribution in [2.45, 2.75) is 25.3 Å². The first-order valence-electron chi connectivity index (χ1n) is 6.63. The minimum atomic E-state index is 0.189. The Hall–Kier alpha value is -1.06. The summed E-state index contributed by atoms with van der Waals surface area (Å²) in [6.07, 6.45) is 2.74. The molecule has 20 heavy (non-hydrogen) atoms. The van der Waals surface area contributed by atoms with Crippen LogP contribution in [0.1, 0.15) is 17.5 Å². The van der Waals surface area contributed by atoms with Gasteiger partial charge in [-0.25, -0.2) is 0 Å². The number of nitrogens with one attached hydrogen (secondary N) is 1. The van der Waals surface area contributed by atoms with Crippen LogP contribution in [0.4, 0.5) is 0 Å². The molecule has 0 heterocycles. The van der Waals surface area contributed by atoms with Gasteiger partial charge in [-0.05, 0) is 42.5 Å². The molecule has 3 N–H and O–H groups in total. The fourth-order valence-corrected chi connectivity index (χ4v) is 2.67. The van der Waals surface area contributed by atoms with Crippen molar-refractivity contribution in [1.82, 2.24) is 5.43 Å². The summed E-state index contributed by atoms with van der Waals surface area (Å²) in [4.78, 5) is 0. The van der Waals surface area contributed by atoms with Crippen molar-refractivity contribution in [2.24, 2.45) is 5.84 Å². The van der Waals surface area contributed by atoms with E-state index in [0.717, 1.165) is 24.8 Å². The number of aryl methyl sites for hydroxylation is 1. The lowest BCUT2D eigenvalue weighted by atomic mass is 9.99. The van der Waals surface area contributed by atoms with Gasteiger partial charge in [0.05, 0.1) is 0 Å². The van der Waals surface area contributed by atoms with E-state index in [4.69, 9.17) is 29.0 Å². The van der Waals surface area contributed by atoms with Crippen LogP contribution in [0.25, 0.3) is 0 Å². The first-order valence-corrected chi connectivity index (χ1v) is 7.38. The normalized spacial score (nSPS) is 12.3. The second-order valence-electron chi connectivity index (χ2n) is 4.83. The minimum absolute atomic E-state index is 0.189. The van der Waals surface area contributed by atoms with Crippen molar-refractivity contribution >= 4 is 23.2 Å². The van der Waals surface area contributed by atoms with Gasteiger partial charge in [0.25, 0.3) is 0 Å². The standard InChI is InChI=1S/C16H18Cl2N2/c17-14-8-7-13(16(18)11-14)10-15(20-19)9-6-12-4-2-1-3-5-12/h1-5,7-8,11,15,20H,6,9-10,19H2. The number of benzene rings is 2. The van der Waals surface area contributed by atoms with Crippen LogP contribution in [0.15, 0.2) is 48.5 Å². The van der Waals surface area contributed by atoms with Gasteiger partial charge in [0, 0.05) is 16.1 Å². The van der Waals surface area contributed by atoms with Crippen LogP contribution in [0, 0.1) is 0 Å². The Morgan fingerprint density at radius 1 is 1.05 bits per heavy atom. The van der Waals surface area contributed by atoms with Crippen LogP contribution in [-0.2, 0) is 12.8 Å². The number of rotatable bonds is 6. The second kappa shape index (κ2) is 7.65. The molecule has 0 aliphatic carbocycles. The zero-order valence-corrected chi connectivity index (χ0v) is 12.7. The maximum absolute atomic E-state index is 6.19. The van der Waals surface area contributed by atoms with E-state index >= 15 is 0 Å². The van der Waals surface area contributed by atoms with Gasteiger partial charge in [-0.15, -0.1) is 0 Å². The number of hydrogen-bond donors (Lipinski definition) is 2. The molecule has 2 rings (SSSR count). The molecule has 0 radical (unpaired) electrons. The van der Waals surface area contributed by atoms with Gasteiger partial charge < -0.3 is 0 Å². The van der Waals surface area contributed by atoms with E-state index in [1.807, 2.05) is 18.2 Å². The van der Waals surface area contributed by atoms with E-state index in [2.05, 4.69) is 29.7 Å². The predicted octanol–water partition coefficient (Wildman–Crippen LogP) is 4.00. The molecule has 0 saturated heterocycles. The molecule has 0 aromatic heterocycles. The molecule has 0 spiro atoms. The van der Waals surface area contributed by atoms with Crippen LogP contribution in [0.3, 0.4) is 0 Å². The second-order valence-corrected chi connectivity index (χ2v) is 5.67. The lowest BCUT2D eigenvalue weighted by molar-refractivity contribution is 0.491. The summed E-state index contributed by atoms with van der Waals surface area (Å²) in [5.41, 5.74) is 5.25. The number of nitrogens with two attached hydrogens (primary N) is 1. The molecule has 1 unspecified atom stereocenters. The van der Waals surface area contributed by atoms with E-state index < -0.39 is 0 Å². The van der Waals surface area contributed by atoms with Crippen molar-refractivity contribution in [3.05, 3.63) is 69.7 Å². The molecule has 0 bridgehead atoms. The monoisotopic (exact) mass is 308 g/mol. The topological polar surface area (TPSA) is 38.0 Å². The summed E-state index contributed by atoms with van der Waals surface area (Å²) in [5, 5.41) is 1.35. The third kappa shape index (κ3) is 4.50. The zero-order valence-electron chi connectivity index (χ0n) is 11.2. The van der Waals surface area contributed by atoms with E-state index in [-0.39, 0.29) is 6.04 Å². The molecular formula is C16H18Cl2N2. The van der Waals surface area contributed by atoms with E-state index in [0.29, 0.717) is 10.0 Å². The van der Waals surface area contributed by atoms with Gasteiger partial charge >= 0.3 is 0 Å². The van der Waals surface area contributed by atoms with Crippen molar-refractivity contribution in [3.63, 3.8) is 0 Å². The molecule has 0 fully saturated rings. The number of hydrazine groups is 1. The lowest BCUT2D eigenvalue weighted by Crippen LogP contribution is -2.37. The average molecular weight is 309 g/mol. The molecule has 1 atom stereocenters. The third-order valence-corrected chi connectivity index (χ3v) is 3.93. The molecule has 0 aliphatic heterocycles. The van der Waals surface area contributed by atoms with E-state index in [1.165, 1.54) is 5.56 Å². The molecule has 2 nitrogen and oxygen atoms in total. The first-order chi connectivity index (χ1) is 9.69. The summed E-state index contributed by atoms with van der Waals surface area (Å²) >= 11 is 12.1. The Morgan fingerprint density at radius 3 is 2.45 bits per heavy atom. The summed E-state index contributed by atoms with van der Waals surface area (Å²) in [5.74, 6) is 5.65. The molecule has 4 heteroatoms. The van der Waals surface area contributed by atoms with Crippen LogP contribution in [0.2, 0.25) is 10.0 Å². The smallest absolute Gasteiger partial charge is 0.0453 e. The Balaban J connectivity index is 1.95. The molecule has 0 saturated carbocycles. The Labute approximate surface area is 129 Å². The van der Waals surface area contributed by atoms with Crippen molar-refractivity contribution < 1.29 is 0 Å². The molecular weight excluding hydrogens is 291 g/mol. The minimum Gasteiger partial charge on any atom is -0.271 e. The van der Waals surface area contributed by atoms with Crippen LogP contribution < -0.4 is 11.3 Å². The summed E-state index contributed by atoms with van der Waals surface area (Å²) < 4.78 is 0. The van der Waals surface area contributed by atoms with E-state index in [1.54, 1.807) is 6.07 Å². The highest BCUT2D eigenvalue weighted by atomic mass is 35.5. The summed E-state index contributed by atoms with van der Waals surface area (Å²) in [6.45, 7) is 0. The SMILES string of the molecule is NNC(CCc1ccccc1)Cc1ccc(Cl)cc1Cl. The van der Waals surface area contributed by atoms with Crippen LogP contribution in [0.5, 0.6) is 0 Å². The molecule has 0 aliphatic rings. The fourth-order valence-electron chi connectivity index (χ4n) is 2.18. The van der Waals surface area contributed by atoms with Gasteiger partial charge in [0.1, 0.15) is 0 Å². The maximum atomic E-state index is 6.19. The van der Waals surface area contributed by atoms with Gasteiger partial charge in [-0.3, -0.25) is 11.3 Å². The van der Waals surface area contributed by atoms with Gasteiger partial charge in [-0.1, -0.05) is 59.6 Å². The first kappa shape index (κ1) is 15.3. The molecule has 2 aromatic carbocycles. The van der Waals surface area contributed by atoms with Crippen molar-refractivity contribution in [3.8, 4) is 0 Å². The van der Waals surface area contributed by atoms with Crippen LogP contribution >= 0.6 is 23.2 Å². The van der Waals surface area contributed by atoms with Crippen LogP contribution in [-0.4, -0.2) is 6.04 Å². The highest BCUT2D eigenvalue weighted by Crippen LogP contribution is 2.22. The lowest BCUT2D eigenvalue weighted by Gasteiger charge is -2.17. The third-order valence-electron chi connectivity index (χ3n) is 3.34. The maximum Gasteiger partial charge on any atom is 0.0453 e. The Morgan fingerprint density at radius 2 is 1.80 bits per heavy atom. The highest BCUT2D eigenvalue weighted by Gasteiger charge is 2.10. The highest BCUT2D eigenvalue weighted by molar-refractivity contribution is 6.35. The summed E-state index contributed by atoms with van der Waals surface area (Å²) in [7, 11) is 0. The summed E-state index contributed by atoms with van der Waals surface area (Å²) in [6, 6.07) is 16.1. The largest absolute Gasteiger partial charge is 0.271 e. The molecule has 0 amide bonds. The predicted molar refractivity (Wildman–Crippen MR) is 86.0 cm³/mol. The Kier molecular flexibility index (Phi) is 5.86. The van der Waals surface area contributed by atoms with E-state index in [9.17, 15) is 0 Å². The van der Waals surface area contributed by atoms with Gasteiger partial charge in [-0.2, -0.15) is 0 Å². The fraction of sp³-hybridized carbons (Fsp3) is 0.250. The van der Waals surface area contributed by atoms with Crippen molar-refractivity contribution in [2.75, 3.05) is 0 Å². The average Bonchev–Trinajstić information content (AvgIpc) is 2.46. The number of halogens is 2. The number of hydrogen-bond acceptors (Lipinski definition) is 2. The molecule has 106 valence electrons.